The summed E-state index contributed by atoms with van der Waals surface area (Å²) in [6.07, 6.45) is 1.89. The van der Waals surface area contributed by atoms with Crippen molar-refractivity contribution in [1.29, 1.82) is 0 Å². The summed E-state index contributed by atoms with van der Waals surface area (Å²) in [6.45, 7) is 12.5. The zero-order valence-corrected chi connectivity index (χ0v) is 15.7. The van der Waals surface area contributed by atoms with Gasteiger partial charge in [-0.15, -0.1) is 11.3 Å². The van der Waals surface area contributed by atoms with E-state index in [1.165, 1.54) is 4.88 Å². The van der Waals surface area contributed by atoms with Gasteiger partial charge in [0.1, 0.15) is 5.01 Å². The Labute approximate surface area is 148 Å². The Morgan fingerprint density at radius 3 is 2.67 bits per heavy atom. The molecule has 0 unspecified atom stereocenters. The molecule has 1 aromatic heterocycles. The van der Waals surface area contributed by atoms with E-state index in [0.29, 0.717) is 6.54 Å². The highest BCUT2D eigenvalue weighted by molar-refractivity contribution is 7.11. The molecule has 1 fully saturated rings. The van der Waals surface area contributed by atoms with Crippen molar-refractivity contribution in [3.05, 3.63) is 16.1 Å². The fourth-order valence-electron chi connectivity index (χ4n) is 2.58. The number of aliphatic imine (C=N–C) groups is 1. The Hall–Kier alpha value is -1.67. The maximum atomic E-state index is 11.3. The van der Waals surface area contributed by atoms with Crippen LogP contribution < -0.4 is 10.6 Å². The van der Waals surface area contributed by atoms with E-state index in [0.717, 1.165) is 56.8 Å². The molecule has 0 bridgehead atoms. The standard InChI is InChI=1S/C16H28N6OS/c1-4-17-16(20-12-15-19-11-13(2)24-15)18-5-6-21-7-9-22(10-8-21)14(3)23/h11H,4-10,12H2,1-3H3,(H2,17,18,20). The van der Waals surface area contributed by atoms with Crippen molar-refractivity contribution in [1.82, 2.24) is 25.4 Å². The average Bonchev–Trinajstić information content (AvgIpc) is 2.98. The quantitative estimate of drug-likeness (QED) is 0.582. The van der Waals surface area contributed by atoms with E-state index in [2.05, 4.69) is 39.4 Å². The molecule has 24 heavy (non-hydrogen) atoms. The van der Waals surface area contributed by atoms with Crippen molar-refractivity contribution < 1.29 is 4.79 Å². The van der Waals surface area contributed by atoms with Gasteiger partial charge in [0, 0.05) is 63.8 Å². The van der Waals surface area contributed by atoms with Gasteiger partial charge in [-0.2, -0.15) is 0 Å². The molecule has 8 heteroatoms. The molecular weight excluding hydrogens is 324 g/mol. The minimum absolute atomic E-state index is 0.173. The van der Waals surface area contributed by atoms with Gasteiger partial charge in [-0.1, -0.05) is 0 Å². The van der Waals surface area contributed by atoms with Crippen LogP contribution in [0.4, 0.5) is 0 Å². The number of piperazine rings is 1. The molecule has 2 rings (SSSR count). The predicted molar refractivity (Wildman–Crippen MR) is 98.4 cm³/mol. The lowest BCUT2D eigenvalue weighted by molar-refractivity contribution is -0.130. The number of nitrogens with one attached hydrogen (secondary N) is 2. The van der Waals surface area contributed by atoms with Gasteiger partial charge in [0.25, 0.3) is 0 Å². The molecule has 0 spiro atoms. The number of amides is 1. The molecule has 0 saturated carbocycles. The summed E-state index contributed by atoms with van der Waals surface area (Å²) < 4.78 is 0. The van der Waals surface area contributed by atoms with E-state index in [1.807, 2.05) is 11.1 Å². The number of hydrogen-bond donors (Lipinski definition) is 2. The van der Waals surface area contributed by atoms with Crippen molar-refractivity contribution in [2.75, 3.05) is 45.8 Å². The first-order valence-electron chi connectivity index (χ1n) is 8.50. The van der Waals surface area contributed by atoms with Crippen LogP contribution in [0.15, 0.2) is 11.2 Å². The Kier molecular flexibility index (Phi) is 7.45. The second-order valence-electron chi connectivity index (χ2n) is 5.83. The summed E-state index contributed by atoms with van der Waals surface area (Å²) in [5.74, 6) is 1.000. The normalized spacial score (nSPS) is 16.3. The monoisotopic (exact) mass is 352 g/mol. The molecule has 1 amide bonds. The SMILES string of the molecule is CCNC(=NCc1ncc(C)s1)NCCN1CCN(C(C)=O)CC1. The van der Waals surface area contributed by atoms with Crippen molar-refractivity contribution in [2.24, 2.45) is 4.99 Å². The number of aromatic nitrogens is 1. The molecule has 0 aliphatic carbocycles. The van der Waals surface area contributed by atoms with Crippen LogP contribution in [0.25, 0.3) is 0 Å². The number of guanidine groups is 1. The summed E-state index contributed by atoms with van der Waals surface area (Å²) in [6, 6.07) is 0. The van der Waals surface area contributed by atoms with Crippen LogP contribution in [0, 0.1) is 6.92 Å². The van der Waals surface area contributed by atoms with Gasteiger partial charge >= 0.3 is 0 Å². The number of aryl methyl sites for hydroxylation is 1. The van der Waals surface area contributed by atoms with Gasteiger partial charge in [0.15, 0.2) is 5.96 Å². The highest BCUT2D eigenvalue weighted by Gasteiger charge is 2.17. The molecular formula is C16H28N6OS. The first-order chi connectivity index (χ1) is 11.6. The predicted octanol–water partition coefficient (Wildman–Crippen LogP) is 0.671. The minimum atomic E-state index is 0.173. The van der Waals surface area contributed by atoms with Crippen LogP contribution in [0.3, 0.4) is 0 Å². The van der Waals surface area contributed by atoms with Crippen molar-refractivity contribution in [2.45, 2.75) is 27.3 Å². The molecule has 2 N–H and O–H groups in total. The molecule has 0 atom stereocenters. The summed E-state index contributed by atoms with van der Waals surface area (Å²) in [5, 5.41) is 7.67. The van der Waals surface area contributed by atoms with Gasteiger partial charge in [0.05, 0.1) is 6.54 Å². The first-order valence-corrected chi connectivity index (χ1v) is 9.31. The molecule has 2 heterocycles. The average molecular weight is 353 g/mol. The molecule has 1 aliphatic heterocycles. The molecule has 134 valence electrons. The largest absolute Gasteiger partial charge is 0.357 e. The highest BCUT2D eigenvalue weighted by Crippen LogP contribution is 2.11. The number of nitrogens with zero attached hydrogens (tertiary/aromatic N) is 4. The van der Waals surface area contributed by atoms with E-state index < -0.39 is 0 Å². The van der Waals surface area contributed by atoms with Crippen LogP contribution in [0.2, 0.25) is 0 Å². The Morgan fingerprint density at radius 1 is 1.33 bits per heavy atom. The number of carbonyl (C=O) groups is 1. The van der Waals surface area contributed by atoms with Crippen molar-refractivity contribution >= 4 is 23.2 Å². The van der Waals surface area contributed by atoms with Crippen molar-refractivity contribution in [3.63, 3.8) is 0 Å². The lowest BCUT2D eigenvalue weighted by Crippen LogP contribution is -2.50. The van der Waals surface area contributed by atoms with E-state index in [4.69, 9.17) is 0 Å². The van der Waals surface area contributed by atoms with Gasteiger partial charge in [-0.05, 0) is 13.8 Å². The Bertz CT molecular complexity index is 551. The fraction of sp³-hybridized carbons (Fsp3) is 0.688. The van der Waals surface area contributed by atoms with Crippen LogP contribution >= 0.6 is 11.3 Å². The second kappa shape index (κ2) is 9.58. The van der Waals surface area contributed by atoms with E-state index >= 15 is 0 Å². The first kappa shape index (κ1) is 18.7. The number of thiazole rings is 1. The zero-order chi connectivity index (χ0) is 17.4. The zero-order valence-electron chi connectivity index (χ0n) is 14.8. The summed E-state index contributed by atoms with van der Waals surface area (Å²) in [4.78, 5) is 25.8. The third-order valence-corrected chi connectivity index (χ3v) is 4.82. The van der Waals surface area contributed by atoms with Gasteiger partial charge < -0.3 is 15.5 Å². The molecule has 7 nitrogen and oxygen atoms in total. The molecule has 1 aromatic rings. The van der Waals surface area contributed by atoms with Gasteiger partial charge in [-0.25, -0.2) is 9.98 Å². The maximum absolute atomic E-state index is 11.3. The second-order valence-corrected chi connectivity index (χ2v) is 7.15. The molecule has 1 aliphatic rings. The van der Waals surface area contributed by atoms with Gasteiger partial charge in [-0.3, -0.25) is 9.69 Å². The summed E-state index contributed by atoms with van der Waals surface area (Å²) in [7, 11) is 0. The number of carbonyl (C=O) groups excluding carboxylic acids is 1. The van der Waals surface area contributed by atoms with E-state index in [9.17, 15) is 4.79 Å². The third-order valence-electron chi connectivity index (χ3n) is 3.92. The Morgan fingerprint density at radius 2 is 2.08 bits per heavy atom. The van der Waals surface area contributed by atoms with Crippen LogP contribution in [0.5, 0.6) is 0 Å². The van der Waals surface area contributed by atoms with Gasteiger partial charge in [0.2, 0.25) is 5.91 Å². The lowest BCUT2D eigenvalue weighted by Gasteiger charge is -2.34. The lowest BCUT2D eigenvalue weighted by atomic mass is 10.3. The van der Waals surface area contributed by atoms with E-state index in [1.54, 1.807) is 18.3 Å². The fourth-order valence-corrected chi connectivity index (χ4v) is 3.29. The summed E-state index contributed by atoms with van der Waals surface area (Å²) >= 11 is 1.68. The van der Waals surface area contributed by atoms with Crippen LogP contribution in [-0.2, 0) is 11.3 Å². The third kappa shape index (κ3) is 6.09. The minimum Gasteiger partial charge on any atom is -0.357 e. The Balaban J connectivity index is 1.72. The maximum Gasteiger partial charge on any atom is 0.219 e. The molecule has 0 radical (unpaired) electrons. The summed E-state index contributed by atoms with van der Waals surface area (Å²) in [5.41, 5.74) is 0. The topological polar surface area (TPSA) is 72.9 Å². The van der Waals surface area contributed by atoms with E-state index in [-0.39, 0.29) is 5.91 Å². The smallest absolute Gasteiger partial charge is 0.219 e. The number of hydrogen-bond acceptors (Lipinski definition) is 5. The van der Waals surface area contributed by atoms with Crippen LogP contribution in [0.1, 0.15) is 23.7 Å². The highest BCUT2D eigenvalue weighted by atomic mass is 32.1. The molecule has 1 saturated heterocycles. The van der Waals surface area contributed by atoms with Crippen LogP contribution in [-0.4, -0.2) is 72.5 Å². The van der Waals surface area contributed by atoms with Crippen molar-refractivity contribution in [3.8, 4) is 0 Å². The molecule has 0 aromatic carbocycles. The number of rotatable bonds is 6.